The second-order valence-corrected chi connectivity index (χ2v) is 8.77. The lowest BCUT2D eigenvalue weighted by Crippen LogP contribution is -2.31. The van der Waals surface area contributed by atoms with Crippen LogP contribution in [0.2, 0.25) is 0 Å². The summed E-state index contributed by atoms with van der Waals surface area (Å²) in [4.78, 5) is 21.7. The van der Waals surface area contributed by atoms with Crippen molar-refractivity contribution >= 4 is 44.4 Å². The van der Waals surface area contributed by atoms with Crippen LogP contribution in [0.3, 0.4) is 0 Å². The number of hydrogen-bond donors (Lipinski definition) is 1. The Labute approximate surface area is 175 Å². The van der Waals surface area contributed by atoms with E-state index >= 15 is 0 Å². The van der Waals surface area contributed by atoms with Crippen LogP contribution in [-0.2, 0) is 4.79 Å². The van der Waals surface area contributed by atoms with Gasteiger partial charge in [-0.1, -0.05) is 41.2 Å². The normalized spacial score (nSPS) is 17.0. The number of likely N-dealkylation sites (N-methyl/N-ethyl adjacent to an activating group) is 1. The zero-order chi connectivity index (χ0) is 20.4. The Bertz CT molecular complexity index is 1040. The van der Waals surface area contributed by atoms with E-state index in [1.54, 1.807) is 17.4 Å². The number of anilines is 2. The van der Waals surface area contributed by atoms with E-state index in [2.05, 4.69) is 29.2 Å². The van der Waals surface area contributed by atoms with Crippen LogP contribution in [-0.4, -0.2) is 49.0 Å². The molecule has 0 spiro atoms. The number of benzene rings is 2. The first-order valence-corrected chi connectivity index (χ1v) is 10.7. The summed E-state index contributed by atoms with van der Waals surface area (Å²) in [5.41, 5.74) is 3.98. The maximum absolute atomic E-state index is 12.3. The molecule has 0 aliphatic carbocycles. The molecule has 0 bridgehead atoms. The van der Waals surface area contributed by atoms with Gasteiger partial charge < -0.3 is 15.1 Å². The second-order valence-electron chi connectivity index (χ2n) is 7.76. The highest BCUT2D eigenvalue weighted by Crippen LogP contribution is 2.33. The summed E-state index contributed by atoms with van der Waals surface area (Å²) in [6, 6.07) is 14.6. The third kappa shape index (κ3) is 4.66. The second kappa shape index (κ2) is 8.35. The molecule has 0 saturated carbocycles. The highest BCUT2D eigenvalue weighted by molar-refractivity contribution is 7.22. The van der Waals surface area contributed by atoms with Gasteiger partial charge in [0.15, 0.2) is 5.13 Å². The molecule has 1 aliphatic rings. The maximum Gasteiger partial charge on any atom is 0.248 e. The third-order valence-electron chi connectivity index (χ3n) is 5.31. The van der Waals surface area contributed by atoms with Gasteiger partial charge in [-0.05, 0) is 57.3 Å². The molecule has 0 unspecified atom stereocenters. The standard InChI is InChI=1S/C23H26N4OS/c1-16-4-6-17(7-5-16)8-11-22(28)24-18-9-10-20-21(14-18)29-23(25-20)27-13-12-19(15-27)26(2)3/h4-11,14,19H,12-13,15H2,1-3H3,(H,24,28)/b11-8+/t19-/m1/s1. The van der Waals surface area contributed by atoms with Crippen LogP contribution in [0.5, 0.6) is 0 Å². The van der Waals surface area contributed by atoms with Crippen LogP contribution in [0, 0.1) is 6.92 Å². The van der Waals surface area contributed by atoms with Gasteiger partial charge in [0.05, 0.1) is 10.2 Å². The van der Waals surface area contributed by atoms with Crippen LogP contribution in [0.4, 0.5) is 10.8 Å². The van der Waals surface area contributed by atoms with Crippen molar-refractivity contribution in [2.45, 2.75) is 19.4 Å². The third-order valence-corrected chi connectivity index (χ3v) is 6.39. The molecule has 1 saturated heterocycles. The Morgan fingerprint density at radius 1 is 1.24 bits per heavy atom. The van der Waals surface area contributed by atoms with Crippen molar-refractivity contribution in [3.8, 4) is 0 Å². The number of thiazole rings is 1. The molecular formula is C23H26N4OS. The number of carbonyl (C=O) groups is 1. The highest BCUT2D eigenvalue weighted by atomic mass is 32.1. The number of fused-ring (bicyclic) bond motifs is 1. The summed E-state index contributed by atoms with van der Waals surface area (Å²) in [5.74, 6) is -0.136. The predicted molar refractivity (Wildman–Crippen MR) is 123 cm³/mol. The molecule has 1 fully saturated rings. The molecule has 1 atom stereocenters. The molecule has 29 heavy (non-hydrogen) atoms. The summed E-state index contributed by atoms with van der Waals surface area (Å²) in [6.07, 6.45) is 4.56. The molecule has 2 heterocycles. The molecule has 2 aromatic carbocycles. The lowest BCUT2D eigenvalue weighted by Gasteiger charge is -2.19. The van der Waals surface area contributed by atoms with E-state index in [0.717, 1.165) is 46.1 Å². The molecule has 3 aromatic rings. The Balaban J connectivity index is 1.43. The van der Waals surface area contributed by atoms with Gasteiger partial charge in [-0.25, -0.2) is 4.98 Å². The SMILES string of the molecule is Cc1ccc(/C=C/C(=O)Nc2ccc3nc(N4CC[C@@H](N(C)C)C4)sc3c2)cc1. The van der Waals surface area contributed by atoms with Gasteiger partial charge >= 0.3 is 0 Å². The zero-order valence-electron chi connectivity index (χ0n) is 17.1. The Hall–Kier alpha value is -2.70. The average Bonchev–Trinajstić information content (AvgIpc) is 3.34. The molecule has 0 radical (unpaired) electrons. The van der Waals surface area contributed by atoms with Gasteiger partial charge in [0.1, 0.15) is 0 Å². The summed E-state index contributed by atoms with van der Waals surface area (Å²) >= 11 is 1.69. The van der Waals surface area contributed by atoms with Crippen molar-refractivity contribution in [3.63, 3.8) is 0 Å². The van der Waals surface area contributed by atoms with E-state index in [-0.39, 0.29) is 5.91 Å². The van der Waals surface area contributed by atoms with Crippen molar-refractivity contribution in [2.75, 3.05) is 37.4 Å². The quantitative estimate of drug-likeness (QED) is 0.638. The van der Waals surface area contributed by atoms with Gasteiger partial charge in [0.25, 0.3) is 0 Å². The number of aryl methyl sites for hydroxylation is 1. The van der Waals surface area contributed by atoms with E-state index in [1.165, 1.54) is 5.56 Å². The van der Waals surface area contributed by atoms with E-state index < -0.39 is 0 Å². The fourth-order valence-electron chi connectivity index (χ4n) is 3.50. The molecular weight excluding hydrogens is 380 g/mol. The van der Waals surface area contributed by atoms with Crippen molar-refractivity contribution in [3.05, 3.63) is 59.7 Å². The van der Waals surface area contributed by atoms with Crippen molar-refractivity contribution in [1.82, 2.24) is 9.88 Å². The van der Waals surface area contributed by atoms with E-state index in [9.17, 15) is 4.79 Å². The van der Waals surface area contributed by atoms with Crippen LogP contribution in [0.25, 0.3) is 16.3 Å². The van der Waals surface area contributed by atoms with Crippen LogP contribution in [0.15, 0.2) is 48.5 Å². The van der Waals surface area contributed by atoms with Gasteiger partial charge in [0, 0.05) is 30.9 Å². The number of hydrogen-bond acceptors (Lipinski definition) is 5. The fraction of sp³-hybridized carbons (Fsp3) is 0.304. The van der Waals surface area contributed by atoms with Gasteiger partial charge in [-0.3, -0.25) is 4.79 Å². The lowest BCUT2D eigenvalue weighted by molar-refractivity contribution is -0.111. The molecule has 1 aliphatic heterocycles. The zero-order valence-corrected chi connectivity index (χ0v) is 17.9. The van der Waals surface area contributed by atoms with E-state index in [4.69, 9.17) is 4.98 Å². The lowest BCUT2D eigenvalue weighted by atomic mass is 10.1. The first-order chi connectivity index (χ1) is 14.0. The molecule has 1 amide bonds. The van der Waals surface area contributed by atoms with Gasteiger partial charge in [0.2, 0.25) is 5.91 Å². The Morgan fingerprint density at radius 3 is 2.76 bits per heavy atom. The minimum Gasteiger partial charge on any atom is -0.346 e. The maximum atomic E-state index is 12.3. The predicted octanol–water partition coefficient (Wildman–Crippen LogP) is 4.40. The molecule has 4 rings (SSSR count). The number of nitrogens with zero attached hydrogens (tertiary/aromatic N) is 3. The number of rotatable bonds is 5. The van der Waals surface area contributed by atoms with Crippen LogP contribution < -0.4 is 10.2 Å². The smallest absolute Gasteiger partial charge is 0.248 e. The molecule has 150 valence electrons. The molecule has 5 nitrogen and oxygen atoms in total. The summed E-state index contributed by atoms with van der Waals surface area (Å²) in [6.45, 7) is 4.10. The number of aromatic nitrogens is 1. The van der Waals surface area contributed by atoms with E-state index in [1.807, 2.05) is 55.5 Å². The molecule has 1 N–H and O–H groups in total. The highest BCUT2D eigenvalue weighted by Gasteiger charge is 2.26. The molecule has 6 heteroatoms. The minimum absolute atomic E-state index is 0.136. The van der Waals surface area contributed by atoms with Gasteiger partial charge in [-0.15, -0.1) is 0 Å². The first kappa shape index (κ1) is 19.6. The summed E-state index contributed by atoms with van der Waals surface area (Å²) in [5, 5.41) is 4.01. The monoisotopic (exact) mass is 406 g/mol. The Morgan fingerprint density at radius 2 is 2.03 bits per heavy atom. The number of nitrogens with one attached hydrogen (secondary N) is 1. The van der Waals surface area contributed by atoms with Crippen LogP contribution >= 0.6 is 11.3 Å². The van der Waals surface area contributed by atoms with Crippen molar-refractivity contribution in [1.29, 1.82) is 0 Å². The summed E-state index contributed by atoms with van der Waals surface area (Å²) in [7, 11) is 4.27. The summed E-state index contributed by atoms with van der Waals surface area (Å²) < 4.78 is 1.09. The van der Waals surface area contributed by atoms with Gasteiger partial charge in [-0.2, -0.15) is 0 Å². The largest absolute Gasteiger partial charge is 0.346 e. The first-order valence-electron chi connectivity index (χ1n) is 9.85. The topological polar surface area (TPSA) is 48.5 Å². The van der Waals surface area contributed by atoms with E-state index in [0.29, 0.717) is 6.04 Å². The van der Waals surface area contributed by atoms with Crippen molar-refractivity contribution < 1.29 is 4.79 Å². The average molecular weight is 407 g/mol. The fourth-order valence-corrected chi connectivity index (χ4v) is 4.54. The van der Waals surface area contributed by atoms with Crippen molar-refractivity contribution in [2.24, 2.45) is 0 Å². The number of amides is 1. The Kier molecular flexibility index (Phi) is 5.65. The number of carbonyl (C=O) groups excluding carboxylic acids is 1. The minimum atomic E-state index is -0.136. The van der Waals surface area contributed by atoms with Crippen LogP contribution in [0.1, 0.15) is 17.5 Å². The molecule has 1 aromatic heterocycles.